The van der Waals surface area contributed by atoms with Gasteiger partial charge < -0.3 is 33.7 Å². The fourth-order valence-corrected chi connectivity index (χ4v) is 7.17. The van der Waals surface area contributed by atoms with Gasteiger partial charge >= 0.3 is 35.8 Å². The van der Waals surface area contributed by atoms with Gasteiger partial charge in [0.15, 0.2) is 0 Å². The van der Waals surface area contributed by atoms with Gasteiger partial charge in [0.1, 0.15) is 39.6 Å². The summed E-state index contributed by atoms with van der Waals surface area (Å²) >= 11 is 0. The summed E-state index contributed by atoms with van der Waals surface area (Å²) in [5, 5.41) is 3.07. The molecule has 0 amide bonds. The van der Waals surface area contributed by atoms with Crippen LogP contribution in [-0.2, 0) is 57.2 Å². The third kappa shape index (κ3) is 32.2. The third-order valence-corrected chi connectivity index (χ3v) is 11.8. The zero-order chi connectivity index (χ0) is 49.8. The van der Waals surface area contributed by atoms with Crippen LogP contribution in [0.15, 0.2) is 0 Å². The lowest BCUT2D eigenvalue weighted by Crippen LogP contribution is -2.38. The zero-order valence-corrected chi connectivity index (χ0v) is 43.8. The van der Waals surface area contributed by atoms with E-state index >= 15 is 0 Å². The topological polar surface area (TPSA) is 170 Å². The normalized spacial score (nSPS) is 12.6. The van der Waals surface area contributed by atoms with Crippen LogP contribution in [0.3, 0.4) is 0 Å². The van der Waals surface area contributed by atoms with Crippen LogP contribution in [-0.4, -0.2) is 88.5 Å². The highest BCUT2D eigenvalue weighted by atomic mass is 16.6. The molecule has 13 heteroatoms. The molecule has 0 aliphatic rings. The summed E-state index contributed by atoms with van der Waals surface area (Å²) in [6.45, 7) is 28.1. The second-order valence-electron chi connectivity index (χ2n) is 22.6. The van der Waals surface area contributed by atoms with Crippen molar-refractivity contribution >= 4 is 35.8 Å². The number of esters is 6. The van der Waals surface area contributed by atoms with Gasteiger partial charge in [-0.1, -0.05) is 134 Å². The van der Waals surface area contributed by atoms with Crippen molar-refractivity contribution in [3.63, 3.8) is 0 Å². The molecule has 65 heavy (non-hydrogen) atoms. The molecule has 0 aromatic carbocycles. The fraction of sp³-hybridized carbons (Fsp3) is 0.885. The van der Waals surface area contributed by atoms with Gasteiger partial charge in [0.05, 0.1) is 49.4 Å². The molecular weight excluding hydrogens is 831 g/mol. The number of carbonyl (C=O) groups excluding carboxylic acids is 6. The highest BCUT2D eigenvalue weighted by molar-refractivity contribution is 5.72. The number of ether oxygens (including phenoxy) is 6. The summed E-state index contributed by atoms with van der Waals surface area (Å²) in [6.07, 6.45) is 12.7. The Morgan fingerprint density at radius 2 is 0.538 bits per heavy atom. The van der Waals surface area contributed by atoms with Crippen molar-refractivity contribution in [1.82, 2.24) is 5.32 Å². The Hall–Kier alpha value is -3.22. The molecule has 0 saturated heterocycles. The van der Waals surface area contributed by atoms with E-state index in [1.54, 1.807) is 13.8 Å². The molecule has 0 rings (SSSR count). The number of hydrogen-bond donors (Lipinski definition) is 1. The molecule has 1 N–H and O–H groups in total. The maximum Gasteiger partial charge on any atom is 0.307 e. The van der Waals surface area contributed by atoms with Crippen molar-refractivity contribution in [3.05, 3.63) is 0 Å². The standard InChI is InChI=1S/C52H95NO12/c1-15-19-25-47(5,6)31-43(56)62-37-51(13,38-63-44(57)32-48(7,8)26-20-16-2)35-60-41(54)23-29-53-30-24-42(55)61-36-52(14,39-64-45(58)33-49(9,10)27-21-17-3)40-65-46(59)34-50(11,12)28-22-18-4/h53H,15-40H2,1-14H3. The summed E-state index contributed by atoms with van der Waals surface area (Å²) in [7, 11) is 0. The molecule has 13 nitrogen and oxygen atoms in total. The molecule has 0 aliphatic heterocycles. The first kappa shape index (κ1) is 61.8. The first-order valence-corrected chi connectivity index (χ1v) is 24.8. The second-order valence-corrected chi connectivity index (χ2v) is 22.6. The van der Waals surface area contributed by atoms with Crippen molar-refractivity contribution in [2.75, 3.05) is 52.7 Å². The molecule has 380 valence electrons. The Morgan fingerprint density at radius 3 is 0.738 bits per heavy atom. The largest absolute Gasteiger partial charge is 0.465 e. The summed E-state index contributed by atoms with van der Waals surface area (Å²) in [4.78, 5) is 77.4. The lowest BCUT2D eigenvalue weighted by molar-refractivity contribution is -0.164. The summed E-state index contributed by atoms with van der Waals surface area (Å²) in [5.41, 5.74) is -2.83. The molecule has 0 saturated carbocycles. The van der Waals surface area contributed by atoms with Gasteiger partial charge in [-0.25, -0.2) is 0 Å². The third-order valence-electron chi connectivity index (χ3n) is 11.8. The van der Waals surface area contributed by atoms with E-state index in [4.69, 9.17) is 28.4 Å². The van der Waals surface area contributed by atoms with E-state index in [-0.39, 0.29) is 137 Å². The molecule has 0 unspecified atom stereocenters. The van der Waals surface area contributed by atoms with E-state index in [1.165, 1.54) is 0 Å². The maximum atomic E-state index is 12.9. The van der Waals surface area contributed by atoms with Gasteiger partial charge in [-0.3, -0.25) is 28.8 Å². The minimum absolute atomic E-state index is 0.00124. The molecule has 0 aromatic heterocycles. The van der Waals surface area contributed by atoms with E-state index < -0.39 is 22.8 Å². The first-order valence-electron chi connectivity index (χ1n) is 24.8. The Morgan fingerprint density at radius 1 is 0.338 bits per heavy atom. The summed E-state index contributed by atoms with van der Waals surface area (Å²) in [6, 6.07) is 0. The molecule has 0 fully saturated rings. The van der Waals surface area contributed by atoms with E-state index in [0.717, 1.165) is 77.0 Å². The average Bonchev–Trinajstić information content (AvgIpc) is 3.21. The van der Waals surface area contributed by atoms with Crippen LogP contribution in [0.2, 0.25) is 0 Å². The van der Waals surface area contributed by atoms with Crippen molar-refractivity contribution < 1.29 is 57.2 Å². The molecule has 0 atom stereocenters. The van der Waals surface area contributed by atoms with E-state index in [0.29, 0.717) is 0 Å². The fourth-order valence-electron chi connectivity index (χ4n) is 7.17. The molecule has 0 spiro atoms. The van der Waals surface area contributed by atoms with Crippen LogP contribution >= 0.6 is 0 Å². The Bertz CT molecular complexity index is 1240. The van der Waals surface area contributed by atoms with Gasteiger partial charge in [0.2, 0.25) is 0 Å². The van der Waals surface area contributed by atoms with Gasteiger partial charge in [-0.05, 0) is 61.2 Å². The number of unbranched alkanes of at least 4 members (excludes halogenated alkanes) is 4. The predicted octanol–water partition coefficient (Wildman–Crippen LogP) is 11.1. The SMILES string of the molecule is CCCCC(C)(C)CC(=O)OCC(C)(COC(=O)CCNCCC(=O)OCC(C)(COC(=O)CC(C)(C)CCCC)COC(=O)CC(C)(C)CCCC)COC(=O)CC(C)(C)CCCC. The maximum absolute atomic E-state index is 12.9. The quantitative estimate of drug-likeness (QED) is 0.0353. The van der Waals surface area contributed by atoms with Crippen LogP contribution in [0.4, 0.5) is 0 Å². The minimum Gasteiger partial charge on any atom is -0.465 e. The predicted molar refractivity (Wildman–Crippen MR) is 256 cm³/mol. The Labute approximate surface area is 395 Å². The first-order chi connectivity index (χ1) is 30.1. The Kier molecular flexibility index (Phi) is 29.4. The van der Waals surface area contributed by atoms with Gasteiger partial charge in [-0.15, -0.1) is 0 Å². The molecule has 0 bridgehead atoms. The Balaban J connectivity index is 5.35. The number of carbonyl (C=O) groups is 6. The summed E-state index contributed by atoms with van der Waals surface area (Å²) in [5.74, 6) is -2.44. The van der Waals surface area contributed by atoms with Crippen LogP contribution in [0.5, 0.6) is 0 Å². The van der Waals surface area contributed by atoms with Gasteiger partial charge in [0.25, 0.3) is 0 Å². The van der Waals surface area contributed by atoms with Crippen molar-refractivity contribution in [2.24, 2.45) is 32.5 Å². The van der Waals surface area contributed by atoms with Crippen molar-refractivity contribution in [3.8, 4) is 0 Å². The minimum atomic E-state index is -0.971. The second kappa shape index (κ2) is 30.9. The number of hydrogen-bond acceptors (Lipinski definition) is 13. The van der Waals surface area contributed by atoms with E-state index in [9.17, 15) is 28.8 Å². The number of nitrogens with one attached hydrogen (secondary N) is 1. The zero-order valence-electron chi connectivity index (χ0n) is 43.8. The van der Waals surface area contributed by atoms with E-state index in [2.05, 4.69) is 33.0 Å². The molecule has 0 heterocycles. The van der Waals surface area contributed by atoms with Crippen LogP contribution in [0.25, 0.3) is 0 Å². The average molecular weight is 926 g/mol. The highest BCUT2D eigenvalue weighted by Crippen LogP contribution is 2.32. The summed E-state index contributed by atoms with van der Waals surface area (Å²) < 4.78 is 34.1. The monoisotopic (exact) mass is 926 g/mol. The molecule has 0 radical (unpaired) electrons. The van der Waals surface area contributed by atoms with Crippen LogP contribution in [0, 0.1) is 32.5 Å². The highest BCUT2D eigenvalue weighted by Gasteiger charge is 2.35. The smallest absolute Gasteiger partial charge is 0.307 e. The van der Waals surface area contributed by atoms with E-state index in [1.807, 2.05) is 55.4 Å². The van der Waals surface area contributed by atoms with Gasteiger partial charge in [-0.2, -0.15) is 0 Å². The molecule has 0 aromatic rings. The number of rotatable bonds is 38. The van der Waals surface area contributed by atoms with Crippen molar-refractivity contribution in [1.29, 1.82) is 0 Å². The molecular formula is C52H95NO12. The van der Waals surface area contributed by atoms with Crippen molar-refractivity contribution in [2.45, 2.75) is 213 Å². The molecule has 0 aliphatic carbocycles. The van der Waals surface area contributed by atoms with Crippen LogP contribution in [0.1, 0.15) is 213 Å². The van der Waals surface area contributed by atoms with Gasteiger partial charge in [0, 0.05) is 13.1 Å². The lowest BCUT2D eigenvalue weighted by atomic mass is 9.84. The lowest BCUT2D eigenvalue weighted by Gasteiger charge is -2.30. The van der Waals surface area contributed by atoms with Crippen LogP contribution < -0.4 is 5.32 Å².